The molecule has 0 saturated carbocycles. The normalized spacial score (nSPS) is 45.3. The second-order valence-electron chi connectivity index (χ2n) is 2.90. The molecule has 0 aliphatic carbocycles. The van der Waals surface area contributed by atoms with E-state index in [0.717, 1.165) is 5.75 Å². The number of carbonyl (C=O) groups excluding carboxylic acids is 1. The van der Waals surface area contributed by atoms with Crippen molar-refractivity contribution in [1.82, 2.24) is 5.32 Å². The summed E-state index contributed by atoms with van der Waals surface area (Å²) in [6.45, 7) is 2.18. The van der Waals surface area contributed by atoms with Gasteiger partial charge >= 0.3 is 6.03 Å². The lowest BCUT2D eigenvalue weighted by atomic mass is 10.1. The Kier molecular flexibility index (Phi) is 1.38. The fourth-order valence-electron chi connectivity index (χ4n) is 1.60. The molecule has 3 N–H and O–H groups in total. The van der Waals surface area contributed by atoms with Gasteiger partial charge in [-0.3, -0.25) is 10.6 Å². The van der Waals surface area contributed by atoms with E-state index in [9.17, 15) is 4.79 Å². The van der Waals surface area contributed by atoms with Gasteiger partial charge in [-0.15, -0.1) is 0 Å². The molecule has 0 aromatic heterocycles. The molecule has 2 heterocycles. The Balaban J connectivity index is 2.12. The van der Waals surface area contributed by atoms with Gasteiger partial charge in [0.2, 0.25) is 0 Å². The lowest BCUT2D eigenvalue weighted by Gasteiger charge is -2.06. The Labute approximate surface area is 63.9 Å². The molecule has 3 atom stereocenters. The quantitative estimate of drug-likeness (QED) is 0.452. The van der Waals surface area contributed by atoms with Crippen molar-refractivity contribution in [2.24, 2.45) is 0 Å². The highest BCUT2D eigenvalue weighted by Crippen LogP contribution is 2.26. The van der Waals surface area contributed by atoms with E-state index >= 15 is 0 Å². The Hall–Kier alpha value is -0.220. The molecule has 3 unspecified atom stereocenters. The molecule has 2 aliphatic heterocycles. The third kappa shape index (κ3) is 0.828. The summed E-state index contributed by atoms with van der Waals surface area (Å²) < 4.78 is 0. The van der Waals surface area contributed by atoms with Crippen molar-refractivity contribution in [3.05, 3.63) is 0 Å². The molecule has 0 bridgehead atoms. The van der Waals surface area contributed by atoms with Gasteiger partial charge in [0, 0.05) is 11.0 Å². The van der Waals surface area contributed by atoms with Gasteiger partial charge < -0.3 is 0 Å². The van der Waals surface area contributed by atoms with Crippen LogP contribution < -0.4 is 10.6 Å². The van der Waals surface area contributed by atoms with Crippen LogP contribution >= 0.6 is 11.8 Å². The minimum atomic E-state index is 0.127. The van der Waals surface area contributed by atoms with Crippen LogP contribution in [0.2, 0.25) is 0 Å². The largest absolute Gasteiger partial charge is 0.414 e. The molecule has 56 valence electrons. The minimum absolute atomic E-state index is 0.127. The van der Waals surface area contributed by atoms with Crippen LogP contribution in [0.1, 0.15) is 6.92 Å². The van der Waals surface area contributed by atoms with E-state index in [1.54, 1.807) is 0 Å². The van der Waals surface area contributed by atoms with Crippen molar-refractivity contribution in [2.75, 3.05) is 5.75 Å². The molecular formula is C6H11N2OS+. The summed E-state index contributed by atoms with van der Waals surface area (Å²) in [5.74, 6) is 1.12. The van der Waals surface area contributed by atoms with Crippen LogP contribution in [0.4, 0.5) is 4.79 Å². The fourth-order valence-corrected chi connectivity index (χ4v) is 2.91. The maximum Gasteiger partial charge on any atom is 0.414 e. The third-order valence-corrected chi connectivity index (χ3v) is 3.59. The maximum atomic E-state index is 10.8. The number of urea groups is 1. The number of thioether (sulfide) groups is 1. The summed E-state index contributed by atoms with van der Waals surface area (Å²) in [7, 11) is 0. The summed E-state index contributed by atoms with van der Waals surface area (Å²) in [6, 6.07) is 1.06. The maximum absolute atomic E-state index is 10.8. The molecule has 10 heavy (non-hydrogen) atoms. The molecule has 0 spiro atoms. The van der Waals surface area contributed by atoms with Crippen molar-refractivity contribution in [3.8, 4) is 0 Å². The number of hydrogen-bond donors (Lipinski definition) is 2. The molecule has 2 rings (SSSR count). The monoisotopic (exact) mass is 159 g/mol. The molecular weight excluding hydrogens is 148 g/mol. The zero-order valence-electron chi connectivity index (χ0n) is 5.83. The van der Waals surface area contributed by atoms with Gasteiger partial charge in [0.1, 0.15) is 6.04 Å². The van der Waals surface area contributed by atoms with Crippen molar-refractivity contribution in [3.63, 3.8) is 0 Å². The Morgan fingerprint density at radius 2 is 2.60 bits per heavy atom. The lowest BCUT2D eigenvalue weighted by Crippen LogP contribution is -2.91. The third-order valence-electron chi connectivity index (χ3n) is 2.19. The minimum Gasteiger partial charge on any atom is -0.296 e. The smallest absolute Gasteiger partial charge is 0.296 e. The summed E-state index contributed by atoms with van der Waals surface area (Å²) in [5.41, 5.74) is 0. The van der Waals surface area contributed by atoms with Crippen LogP contribution in [0.3, 0.4) is 0 Å². The van der Waals surface area contributed by atoms with E-state index in [1.807, 2.05) is 17.1 Å². The van der Waals surface area contributed by atoms with Crippen LogP contribution in [-0.2, 0) is 0 Å². The number of fused-ring (bicyclic) bond motifs is 1. The van der Waals surface area contributed by atoms with Crippen LogP contribution in [-0.4, -0.2) is 29.1 Å². The number of nitrogens with two attached hydrogens (primary N) is 1. The number of rotatable bonds is 0. The fraction of sp³-hybridized carbons (Fsp3) is 0.833. The van der Waals surface area contributed by atoms with Crippen LogP contribution in [0, 0.1) is 0 Å². The Morgan fingerprint density at radius 1 is 1.80 bits per heavy atom. The van der Waals surface area contributed by atoms with Crippen molar-refractivity contribution >= 4 is 17.8 Å². The lowest BCUT2D eigenvalue weighted by molar-refractivity contribution is -0.575. The zero-order chi connectivity index (χ0) is 7.14. The van der Waals surface area contributed by atoms with Gasteiger partial charge in [0.25, 0.3) is 0 Å². The van der Waals surface area contributed by atoms with Gasteiger partial charge in [-0.05, 0) is 0 Å². The summed E-state index contributed by atoms with van der Waals surface area (Å²) in [6.07, 6.45) is 0. The molecule has 0 radical (unpaired) electrons. The predicted molar refractivity (Wildman–Crippen MR) is 40.0 cm³/mol. The average molecular weight is 159 g/mol. The van der Waals surface area contributed by atoms with Crippen molar-refractivity contribution in [1.29, 1.82) is 0 Å². The number of amides is 2. The first-order chi connectivity index (χ1) is 4.77. The first-order valence-corrected chi connectivity index (χ1v) is 4.59. The molecule has 2 aliphatic rings. The second kappa shape index (κ2) is 2.13. The van der Waals surface area contributed by atoms with Gasteiger partial charge in [0.15, 0.2) is 0 Å². The van der Waals surface area contributed by atoms with Gasteiger partial charge in [-0.25, -0.2) is 4.79 Å². The second-order valence-corrected chi connectivity index (χ2v) is 4.31. The van der Waals surface area contributed by atoms with Crippen LogP contribution in [0.5, 0.6) is 0 Å². The van der Waals surface area contributed by atoms with Gasteiger partial charge in [0.05, 0.1) is 6.04 Å². The Bertz CT molecular complexity index is 173. The number of quaternary nitrogens is 1. The van der Waals surface area contributed by atoms with E-state index in [2.05, 4.69) is 12.2 Å². The number of carbonyl (C=O) groups is 1. The average Bonchev–Trinajstić information content (AvgIpc) is 2.35. The molecule has 2 fully saturated rings. The first-order valence-electron chi connectivity index (χ1n) is 3.54. The highest BCUT2D eigenvalue weighted by Gasteiger charge is 2.44. The van der Waals surface area contributed by atoms with E-state index in [4.69, 9.17) is 0 Å². The SMILES string of the molecule is CC1SCC2[NH2+]C(=O)NC21. The molecule has 2 amide bonds. The van der Waals surface area contributed by atoms with Crippen molar-refractivity contribution in [2.45, 2.75) is 24.3 Å². The van der Waals surface area contributed by atoms with Crippen molar-refractivity contribution < 1.29 is 10.1 Å². The summed E-state index contributed by atoms with van der Waals surface area (Å²) in [4.78, 5) is 10.8. The predicted octanol–water partition coefficient (Wildman–Crippen LogP) is -0.854. The number of hydrogen-bond acceptors (Lipinski definition) is 2. The molecule has 0 aromatic carbocycles. The van der Waals surface area contributed by atoms with Crippen LogP contribution in [0.25, 0.3) is 0 Å². The van der Waals surface area contributed by atoms with E-state index in [1.165, 1.54) is 0 Å². The number of primary amides is 1. The van der Waals surface area contributed by atoms with E-state index in [0.29, 0.717) is 17.3 Å². The zero-order valence-corrected chi connectivity index (χ0v) is 6.65. The molecule has 0 aromatic rings. The van der Waals surface area contributed by atoms with Gasteiger partial charge in [-0.1, -0.05) is 6.92 Å². The van der Waals surface area contributed by atoms with Gasteiger partial charge in [-0.2, -0.15) is 11.8 Å². The first kappa shape index (κ1) is 6.49. The van der Waals surface area contributed by atoms with E-state index in [-0.39, 0.29) is 6.03 Å². The molecule has 3 nitrogen and oxygen atoms in total. The molecule has 2 saturated heterocycles. The standard InChI is InChI=1S/C6H10N2OS/c1-3-5-4(2-10-3)7-6(9)8-5/h3-5H,2H2,1H3,(H2,7,8,9)/p+1. The summed E-state index contributed by atoms with van der Waals surface area (Å²) >= 11 is 1.95. The summed E-state index contributed by atoms with van der Waals surface area (Å²) in [5, 5.41) is 5.38. The van der Waals surface area contributed by atoms with E-state index < -0.39 is 0 Å². The van der Waals surface area contributed by atoms with Crippen LogP contribution in [0.15, 0.2) is 0 Å². The Morgan fingerprint density at radius 3 is 3.30 bits per heavy atom. The molecule has 4 heteroatoms. The highest BCUT2D eigenvalue weighted by atomic mass is 32.2. The topological polar surface area (TPSA) is 45.7 Å². The highest BCUT2D eigenvalue weighted by molar-refractivity contribution is 8.00. The number of nitrogens with one attached hydrogen (secondary N) is 1.